The fraction of sp³-hybridized carbons (Fsp3) is 0.357. The Bertz CT molecular complexity index is 786. The van der Waals surface area contributed by atoms with Gasteiger partial charge in [0.2, 0.25) is 0 Å². The van der Waals surface area contributed by atoms with Gasteiger partial charge in [0.25, 0.3) is 0 Å². The van der Waals surface area contributed by atoms with Crippen molar-refractivity contribution in [3.63, 3.8) is 0 Å². The molecule has 0 unspecified atom stereocenters. The molecule has 0 aliphatic heterocycles. The highest BCUT2D eigenvalue weighted by molar-refractivity contribution is 7.98. The van der Waals surface area contributed by atoms with E-state index < -0.39 is 11.7 Å². The number of pyridine rings is 1. The molecular formula is C14H12ClN3O3S. The van der Waals surface area contributed by atoms with E-state index >= 15 is 0 Å². The van der Waals surface area contributed by atoms with E-state index in [1.807, 2.05) is 6.26 Å². The lowest BCUT2D eigenvalue weighted by atomic mass is 9.82. The van der Waals surface area contributed by atoms with Crippen LogP contribution in [0.3, 0.4) is 0 Å². The second kappa shape index (κ2) is 5.81. The van der Waals surface area contributed by atoms with Gasteiger partial charge in [-0.25, -0.2) is 0 Å². The Balaban J connectivity index is 2.06. The highest BCUT2D eigenvalue weighted by atomic mass is 35.5. The summed E-state index contributed by atoms with van der Waals surface area (Å²) in [6, 6.07) is 1.51. The van der Waals surface area contributed by atoms with Crippen molar-refractivity contribution in [1.29, 1.82) is 0 Å². The average molecular weight is 338 g/mol. The summed E-state index contributed by atoms with van der Waals surface area (Å²) in [7, 11) is 0. The van der Waals surface area contributed by atoms with Gasteiger partial charge in [-0.1, -0.05) is 23.4 Å². The van der Waals surface area contributed by atoms with E-state index in [0.29, 0.717) is 17.2 Å². The summed E-state index contributed by atoms with van der Waals surface area (Å²) in [6.45, 7) is 0. The topological polar surface area (TPSA) is 81.4 Å². The van der Waals surface area contributed by atoms with Crippen molar-refractivity contribution in [3.05, 3.63) is 22.8 Å². The van der Waals surface area contributed by atoms with Gasteiger partial charge in [0.05, 0.1) is 5.02 Å². The molecule has 0 atom stereocenters. The molecule has 22 heavy (non-hydrogen) atoms. The number of carbonyl (C=O) groups excluding carboxylic acids is 3. The van der Waals surface area contributed by atoms with Crippen LogP contribution in [0.15, 0.2) is 17.4 Å². The van der Waals surface area contributed by atoms with Crippen molar-refractivity contribution in [1.82, 2.24) is 14.6 Å². The number of rotatable bonds is 3. The zero-order valence-electron chi connectivity index (χ0n) is 11.7. The molecule has 114 valence electrons. The molecule has 0 saturated heterocycles. The maximum absolute atomic E-state index is 12.6. The molecule has 0 bridgehead atoms. The summed E-state index contributed by atoms with van der Waals surface area (Å²) in [5.74, 6) is -2.43. The molecule has 2 heterocycles. The molecule has 1 aliphatic rings. The Morgan fingerprint density at radius 1 is 1.32 bits per heavy atom. The van der Waals surface area contributed by atoms with Gasteiger partial charge in [0.1, 0.15) is 5.92 Å². The first-order chi connectivity index (χ1) is 10.5. The molecule has 3 rings (SSSR count). The number of carbonyl (C=O) groups is 3. The van der Waals surface area contributed by atoms with Crippen LogP contribution in [0.2, 0.25) is 5.02 Å². The van der Waals surface area contributed by atoms with E-state index in [1.165, 1.54) is 17.8 Å². The highest BCUT2D eigenvalue weighted by Gasteiger charge is 2.37. The monoisotopic (exact) mass is 337 g/mol. The predicted octanol–water partition coefficient (Wildman–Crippen LogP) is 2.23. The molecule has 8 heteroatoms. The van der Waals surface area contributed by atoms with Crippen LogP contribution in [0.5, 0.6) is 0 Å². The summed E-state index contributed by atoms with van der Waals surface area (Å²) in [4.78, 5) is 36.4. The second-order valence-electron chi connectivity index (χ2n) is 5.01. The molecule has 0 radical (unpaired) electrons. The number of Topliss-reactive ketones (excluding diaryl/α,β-unsaturated/α-hetero) is 3. The Kier molecular flexibility index (Phi) is 4.01. The van der Waals surface area contributed by atoms with Gasteiger partial charge in [-0.15, -0.1) is 10.2 Å². The number of nitrogens with zero attached hydrogens (tertiary/aromatic N) is 3. The summed E-state index contributed by atoms with van der Waals surface area (Å²) in [6.07, 6.45) is 4.49. The van der Waals surface area contributed by atoms with Crippen molar-refractivity contribution < 1.29 is 14.4 Å². The predicted molar refractivity (Wildman–Crippen MR) is 81.5 cm³/mol. The van der Waals surface area contributed by atoms with Gasteiger partial charge in [-0.2, -0.15) is 0 Å². The third kappa shape index (κ3) is 2.34. The van der Waals surface area contributed by atoms with Gasteiger partial charge >= 0.3 is 0 Å². The van der Waals surface area contributed by atoms with Crippen LogP contribution in [-0.2, 0) is 9.59 Å². The number of ketones is 3. The van der Waals surface area contributed by atoms with Gasteiger partial charge < -0.3 is 0 Å². The van der Waals surface area contributed by atoms with Crippen molar-refractivity contribution in [2.45, 2.75) is 24.4 Å². The van der Waals surface area contributed by atoms with Crippen molar-refractivity contribution >= 4 is 46.4 Å². The molecule has 2 aromatic heterocycles. The molecule has 0 N–H and O–H groups in total. The number of hydrogen-bond acceptors (Lipinski definition) is 6. The Labute approximate surface area is 135 Å². The first kappa shape index (κ1) is 15.2. The molecule has 6 nitrogen and oxygen atoms in total. The lowest BCUT2D eigenvalue weighted by molar-refractivity contribution is -0.133. The van der Waals surface area contributed by atoms with Crippen molar-refractivity contribution in [3.8, 4) is 0 Å². The minimum absolute atomic E-state index is 0.117. The van der Waals surface area contributed by atoms with Crippen LogP contribution in [0.1, 0.15) is 29.6 Å². The lowest BCUT2D eigenvalue weighted by Gasteiger charge is -2.18. The third-order valence-corrected chi connectivity index (χ3v) is 4.70. The van der Waals surface area contributed by atoms with Crippen LogP contribution in [0.25, 0.3) is 5.65 Å². The zero-order chi connectivity index (χ0) is 15.9. The van der Waals surface area contributed by atoms with Crippen LogP contribution < -0.4 is 0 Å². The molecule has 1 fully saturated rings. The number of thioether (sulfide) groups is 1. The van der Waals surface area contributed by atoms with Crippen LogP contribution in [-0.4, -0.2) is 38.2 Å². The fourth-order valence-electron chi connectivity index (χ4n) is 2.59. The molecule has 0 aromatic carbocycles. The molecular weight excluding hydrogens is 326 g/mol. The summed E-state index contributed by atoms with van der Waals surface area (Å²) >= 11 is 7.64. The quantitative estimate of drug-likeness (QED) is 0.485. The van der Waals surface area contributed by atoms with Crippen LogP contribution in [0, 0.1) is 5.92 Å². The summed E-state index contributed by atoms with van der Waals surface area (Å²) in [5.41, 5.74) is 0.482. The van der Waals surface area contributed by atoms with Crippen molar-refractivity contribution in [2.75, 3.05) is 6.26 Å². The van der Waals surface area contributed by atoms with E-state index in [1.54, 1.807) is 10.6 Å². The Hall–Kier alpha value is -1.73. The van der Waals surface area contributed by atoms with E-state index in [0.717, 1.165) is 0 Å². The minimum atomic E-state index is -1.23. The average Bonchev–Trinajstić information content (AvgIpc) is 2.91. The Morgan fingerprint density at radius 2 is 2.00 bits per heavy atom. The molecule has 0 spiro atoms. The van der Waals surface area contributed by atoms with Gasteiger partial charge in [-0.05, 0) is 18.7 Å². The zero-order valence-corrected chi connectivity index (χ0v) is 13.3. The third-order valence-electron chi connectivity index (χ3n) is 3.69. The fourth-order valence-corrected chi connectivity index (χ4v) is 3.34. The summed E-state index contributed by atoms with van der Waals surface area (Å²) < 4.78 is 1.66. The molecule has 1 saturated carbocycles. The number of halogens is 1. The maximum Gasteiger partial charge on any atom is 0.195 e. The normalized spacial score (nSPS) is 16.5. The van der Waals surface area contributed by atoms with Crippen LogP contribution in [0.4, 0.5) is 0 Å². The first-order valence-corrected chi connectivity index (χ1v) is 8.31. The first-order valence-electron chi connectivity index (χ1n) is 6.71. The standard InChI is InChI=1S/C14H12ClN3O3S/c1-22-14-17-16-13-11(15)7(5-6-18(13)14)12(21)10-8(19)3-2-4-9(10)20/h5-6,10H,2-4H2,1H3. The largest absolute Gasteiger partial charge is 0.298 e. The molecule has 1 aliphatic carbocycles. The SMILES string of the molecule is CSc1nnc2c(Cl)c(C(=O)C3C(=O)CCCC3=O)ccn12. The lowest BCUT2D eigenvalue weighted by Crippen LogP contribution is -2.35. The maximum atomic E-state index is 12.6. The van der Waals surface area contributed by atoms with E-state index in [4.69, 9.17) is 11.6 Å². The van der Waals surface area contributed by atoms with Crippen molar-refractivity contribution in [2.24, 2.45) is 5.92 Å². The number of fused-ring (bicyclic) bond motifs is 1. The van der Waals surface area contributed by atoms with E-state index in [9.17, 15) is 14.4 Å². The van der Waals surface area contributed by atoms with Gasteiger partial charge in [0, 0.05) is 24.6 Å². The summed E-state index contributed by atoms with van der Waals surface area (Å²) in [5, 5.41) is 8.67. The second-order valence-corrected chi connectivity index (χ2v) is 6.16. The Morgan fingerprint density at radius 3 is 2.64 bits per heavy atom. The molecule has 0 amide bonds. The van der Waals surface area contributed by atoms with E-state index in [2.05, 4.69) is 10.2 Å². The minimum Gasteiger partial charge on any atom is -0.298 e. The number of hydrogen-bond donors (Lipinski definition) is 0. The van der Waals surface area contributed by atoms with Gasteiger partial charge in [0.15, 0.2) is 28.2 Å². The van der Waals surface area contributed by atoms with E-state index in [-0.39, 0.29) is 35.0 Å². The van der Waals surface area contributed by atoms with Gasteiger partial charge in [-0.3, -0.25) is 18.8 Å². The number of aromatic nitrogens is 3. The van der Waals surface area contributed by atoms with Crippen LogP contribution >= 0.6 is 23.4 Å². The molecule has 2 aromatic rings. The highest BCUT2D eigenvalue weighted by Crippen LogP contribution is 2.28. The smallest absolute Gasteiger partial charge is 0.195 e.